The molecule has 1 aromatic carbocycles. The summed E-state index contributed by atoms with van der Waals surface area (Å²) in [6.45, 7) is 1.97. The van der Waals surface area contributed by atoms with Crippen molar-refractivity contribution in [2.45, 2.75) is 19.4 Å². The summed E-state index contributed by atoms with van der Waals surface area (Å²) in [6, 6.07) is 2.58. The van der Waals surface area contributed by atoms with Gasteiger partial charge in [0.15, 0.2) is 16.4 Å². The highest BCUT2D eigenvalue weighted by molar-refractivity contribution is 7.91. The van der Waals surface area contributed by atoms with E-state index >= 15 is 0 Å². The Hall–Kier alpha value is -0.690. The first-order valence-corrected chi connectivity index (χ1v) is 9.96. The maximum Gasteiger partial charge on any atom is 0.260 e. The van der Waals surface area contributed by atoms with Crippen molar-refractivity contribution in [2.24, 2.45) is 0 Å². The molecular weight excluding hydrogens is 385 g/mol. The summed E-state index contributed by atoms with van der Waals surface area (Å²) < 4.78 is 28.5. The van der Waals surface area contributed by atoms with Crippen LogP contribution in [-0.2, 0) is 14.6 Å². The van der Waals surface area contributed by atoms with Crippen molar-refractivity contribution in [3.8, 4) is 5.75 Å². The lowest BCUT2D eigenvalue weighted by molar-refractivity contribution is -0.135. The maximum atomic E-state index is 12.3. The van der Waals surface area contributed by atoms with Gasteiger partial charge in [0.05, 0.1) is 26.6 Å². The highest BCUT2D eigenvalue weighted by atomic mass is 35.5. The number of carbonyl (C=O) groups is 1. The van der Waals surface area contributed by atoms with E-state index in [4.69, 9.17) is 39.5 Å². The third-order valence-corrected chi connectivity index (χ3v) is 6.40. The highest BCUT2D eigenvalue weighted by Gasteiger charge is 2.34. The van der Waals surface area contributed by atoms with Crippen molar-refractivity contribution >= 4 is 50.5 Å². The van der Waals surface area contributed by atoms with Crippen LogP contribution in [0.3, 0.4) is 0 Å². The summed E-state index contributed by atoms with van der Waals surface area (Å²) in [6.07, 6.45) is 0.454. The molecule has 1 atom stereocenters. The van der Waals surface area contributed by atoms with Crippen LogP contribution >= 0.6 is 34.8 Å². The number of halogens is 3. The number of likely N-dealkylation sites (N-methyl/N-ethyl adjacent to an activating group) is 1. The van der Waals surface area contributed by atoms with Crippen LogP contribution in [0.1, 0.15) is 13.3 Å². The Morgan fingerprint density at radius 1 is 1.26 bits per heavy atom. The molecule has 1 heterocycles. The molecule has 0 N–H and O–H groups in total. The Balaban J connectivity index is 2.02. The zero-order valence-electron chi connectivity index (χ0n) is 12.4. The third-order valence-electron chi connectivity index (χ3n) is 3.64. The lowest BCUT2D eigenvalue weighted by Gasteiger charge is -2.26. The molecule has 1 amide bonds. The summed E-state index contributed by atoms with van der Waals surface area (Å²) in [5.41, 5.74) is 0. The molecule has 0 aliphatic carbocycles. The van der Waals surface area contributed by atoms with Gasteiger partial charge < -0.3 is 9.64 Å². The fourth-order valence-electron chi connectivity index (χ4n) is 2.50. The molecule has 5 nitrogen and oxygen atoms in total. The predicted octanol–water partition coefficient (Wildman–Crippen LogP) is 3.06. The Morgan fingerprint density at radius 3 is 2.48 bits per heavy atom. The molecule has 1 unspecified atom stereocenters. The summed E-state index contributed by atoms with van der Waals surface area (Å²) in [5, 5.41) is 0.813. The Labute approximate surface area is 150 Å². The second-order valence-corrected chi connectivity index (χ2v) is 8.67. The molecule has 128 valence electrons. The molecule has 9 heteroatoms. The molecule has 0 saturated carbocycles. The lowest BCUT2D eigenvalue weighted by atomic mass is 10.2. The van der Waals surface area contributed by atoms with Crippen LogP contribution in [0.5, 0.6) is 5.75 Å². The zero-order valence-corrected chi connectivity index (χ0v) is 15.5. The van der Waals surface area contributed by atoms with Gasteiger partial charge in [-0.1, -0.05) is 34.8 Å². The molecule has 2 rings (SSSR count). The van der Waals surface area contributed by atoms with E-state index in [0.29, 0.717) is 18.0 Å². The summed E-state index contributed by atoms with van der Waals surface area (Å²) in [7, 11) is -3.06. The normalized spacial score (nSPS) is 19.6. The van der Waals surface area contributed by atoms with Crippen molar-refractivity contribution in [3.63, 3.8) is 0 Å². The van der Waals surface area contributed by atoms with E-state index in [9.17, 15) is 13.2 Å². The number of benzene rings is 1. The van der Waals surface area contributed by atoms with Crippen LogP contribution in [0.4, 0.5) is 0 Å². The van der Waals surface area contributed by atoms with Crippen molar-refractivity contribution in [1.82, 2.24) is 4.90 Å². The van der Waals surface area contributed by atoms with E-state index in [2.05, 4.69) is 0 Å². The molecule has 1 aliphatic rings. The van der Waals surface area contributed by atoms with Gasteiger partial charge in [-0.3, -0.25) is 4.79 Å². The number of hydrogen-bond acceptors (Lipinski definition) is 4. The van der Waals surface area contributed by atoms with E-state index in [1.807, 2.05) is 0 Å². The fraction of sp³-hybridized carbons (Fsp3) is 0.500. The van der Waals surface area contributed by atoms with Crippen LogP contribution in [0.25, 0.3) is 0 Å². The number of carbonyl (C=O) groups excluding carboxylic acids is 1. The Kier molecular flexibility index (Phi) is 6.05. The van der Waals surface area contributed by atoms with Gasteiger partial charge in [0.1, 0.15) is 5.75 Å². The molecule has 1 aromatic rings. The molecule has 0 bridgehead atoms. The Morgan fingerprint density at radius 2 is 1.91 bits per heavy atom. The largest absolute Gasteiger partial charge is 0.482 e. The average molecular weight is 401 g/mol. The maximum absolute atomic E-state index is 12.3. The van der Waals surface area contributed by atoms with Gasteiger partial charge in [0, 0.05) is 18.7 Å². The first kappa shape index (κ1) is 18.6. The van der Waals surface area contributed by atoms with Crippen molar-refractivity contribution in [3.05, 3.63) is 27.2 Å². The number of hydrogen-bond donors (Lipinski definition) is 0. The first-order chi connectivity index (χ1) is 10.7. The number of ether oxygens (including phenoxy) is 1. The van der Waals surface area contributed by atoms with Gasteiger partial charge in [0.2, 0.25) is 0 Å². The van der Waals surface area contributed by atoms with Crippen molar-refractivity contribution in [2.75, 3.05) is 24.7 Å². The minimum absolute atomic E-state index is 0.000108. The monoisotopic (exact) mass is 399 g/mol. The summed E-state index contributed by atoms with van der Waals surface area (Å²) >= 11 is 17.7. The number of sulfone groups is 1. The van der Waals surface area contributed by atoms with E-state index in [1.165, 1.54) is 17.0 Å². The van der Waals surface area contributed by atoms with Gasteiger partial charge in [-0.15, -0.1) is 0 Å². The zero-order chi connectivity index (χ0) is 17.2. The van der Waals surface area contributed by atoms with Crippen LogP contribution < -0.4 is 4.74 Å². The third kappa shape index (κ3) is 4.66. The fourth-order valence-corrected chi connectivity index (χ4v) is 4.82. The first-order valence-electron chi connectivity index (χ1n) is 7.00. The molecule has 1 fully saturated rings. The van der Waals surface area contributed by atoms with E-state index < -0.39 is 9.84 Å². The number of nitrogens with zero attached hydrogens (tertiary/aromatic N) is 1. The molecule has 0 radical (unpaired) electrons. The number of rotatable bonds is 5. The van der Waals surface area contributed by atoms with Gasteiger partial charge in [-0.05, 0) is 19.4 Å². The van der Waals surface area contributed by atoms with Crippen LogP contribution in [-0.4, -0.2) is 49.9 Å². The lowest BCUT2D eigenvalue weighted by Crippen LogP contribution is -2.43. The SMILES string of the molecule is CCN(C(=O)COc1cc(Cl)c(Cl)cc1Cl)C1CCS(=O)(=O)C1. The smallest absolute Gasteiger partial charge is 0.260 e. The van der Waals surface area contributed by atoms with Crippen molar-refractivity contribution < 1.29 is 17.9 Å². The van der Waals surface area contributed by atoms with Gasteiger partial charge in [-0.25, -0.2) is 8.42 Å². The predicted molar refractivity (Wildman–Crippen MR) is 91.4 cm³/mol. The number of amides is 1. The van der Waals surface area contributed by atoms with E-state index in [0.717, 1.165) is 0 Å². The molecule has 0 spiro atoms. The summed E-state index contributed by atoms with van der Waals surface area (Å²) in [5.74, 6) is 0.0716. The standard InChI is InChI=1S/C14H16Cl3NO4S/c1-2-18(9-3-4-23(20,21)8-9)14(19)7-22-13-6-11(16)10(15)5-12(13)17/h5-6,9H,2-4,7-8H2,1H3. The molecule has 1 aliphatic heterocycles. The molecular formula is C14H16Cl3NO4S. The van der Waals surface area contributed by atoms with Gasteiger partial charge in [0.25, 0.3) is 5.91 Å². The Bertz CT molecular complexity index is 708. The molecule has 0 aromatic heterocycles. The van der Waals surface area contributed by atoms with Gasteiger partial charge in [-0.2, -0.15) is 0 Å². The highest BCUT2D eigenvalue weighted by Crippen LogP contribution is 2.33. The molecule has 1 saturated heterocycles. The molecule has 23 heavy (non-hydrogen) atoms. The van der Waals surface area contributed by atoms with Crippen LogP contribution in [0.2, 0.25) is 15.1 Å². The van der Waals surface area contributed by atoms with Crippen LogP contribution in [0, 0.1) is 0 Å². The van der Waals surface area contributed by atoms with E-state index in [-0.39, 0.29) is 45.9 Å². The average Bonchev–Trinajstić information content (AvgIpc) is 2.82. The summed E-state index contributed by atoms with van der Waals surface area (Å²) in [4.78, 5) is 13.8. The topological polar surface area (TPSA) is 63.7 Å². The second kappa shape index (κ2) is 7.47. The van der Waals surface area contributed by atoms with Crippen LogP contribution in [0.15, 0.2) is 12.1 Å². The minimum atomic E-state index is -3.06. The van der Waals surface area contributed by atoms with Gasteiger partial charge >= 0.3 is 0 Å². The van der Waals surface area contributed by atoms with E-state index in [1.54, 1.807) is 6.92 Å². The quantitative estimate of drug-likeness (QED) is 0.713. The minimum Gasteiger partial charge on any atom is -0.482 e. The second-order valence-electron chi connectivity index (χ2n) is 5.22. The van der Waals surface area contributed by atoms with Crippen molar-refractivity contribution in [1.29, 1.82) is 0 Å².